The molecular formula is C46H61Cl2N2PRu. The van der Waals surface area contributed by atoms with E-state index in [0.717, 1.165) is 35.8 Å². The van der Waals surface area contributed by atoms with E-state index in [9.17, 15) is 0 Å². The van der Waals surface area contributed by atoms with Gasteiger partial charge < -0.3 is 10.6 Å². The van der Waals surface area contributed by atoms with Crippen LogP contribution in [0.3, 0.4) is 0 Å². The minimum absolute atomic E-state index is 0. The van der Waals surface area contributed by atoms with Gasteiger partial charge in [-0.1, -0.05) is 123 Å². The Morgan fingerprint density at radius 3 is 1.71 bits per heavy atom. The van der Waals surface area contributed by atoms with E-state index >= 15 is 0 Å². The van der Waals surface area contributed by atoms with Gasteiger partial charge in [-0.05, 0) is 137 Å². The Morgan fingerprint density at radius 1 is 0.673 bits per heavy atom. The second-order valence-electron chi connectivity index (χ2n) is 16.7. The summed E-state index contributed by atoms with van der Waals surface area (Å²) in [6, 6.07) is 9.40. The molecule has 2 N–H and O–H groups in total. The van der Waals surface area contributed by atoms with Crippen LogP contribution < -0.4 is 10.6 Å². The van der Waals surface area contributed by atoms with Crippen LogP contribution in [0.25, 0.3) is 5.57 Å². The first-order valence-electron chi connectivity index (χ1n) is 20.3. The average molecular weight is 845 g/mol. The average Bonchev–Trinajstić information content (AvgIpc) is 3.62. The van der Waals surface area contributed by atoms with Crippen molar-refractivity contribution in [2.24, 2.45) is 0 Å². The first kappa shape index (κ1) is 40.3. The maximum Gasteiger partial charge on any atom is 0.104 e. The van der Waals surface area contributed by atoms with Crippen molar-refractivity contribution in [3.63, 3.8) is 0 Å². The summed E-state index contributed by atoms with van der Waals surface area (Å²) in [6.07, 6.45) is 24.7. The van der Waals surface area contributed by atoms with Gasteiger partial charge in [-0.25, -0.2) is 0 Å². The molecule has 2 unspecified atom stereocenters. The SMILES string of the molecule is Cc1cc(C)c(C2=C(Cl)C(Cl)=CC(C=C3CCCCC3P(C3CCCCC3)C3CCCCC3)(c3c(C)cc(C)cc3C)C2=C2NCCN2)c(C)c1.[Ru]. The van der Waals surface area contributed by atoms with Crippen LogP contribution in [-0.4, -0.2) is 30.1 Å². The van der Waals surface area contributed by atoms with Gasteiger partial charge in [-0.3, -0.25) is 0 Å². The van der Waals surface area contributed by atoms with Crippen LogP contribution in [0.5, 0.6) is 0 Å². The van der Waals surface area contributed by atoms with E-state index in [0.29, 0.717) is 15.7 Å². The largest absolute Gasteiger partial charge is 0.370 e. The third-order valence-corrected chi connectivity index (χ3v) is 17.6. The van der Waals surface area contributed by atoms with Crippen LogP contribution in [0.15, 0.2) is 63.4 Å². The third-order valence-electron chi connectivity index (χ3n) is 12.8. The Morgan fingerprint density at radius 2 is 1.17 bits per heavy atom. The standard InChI is InChI=1S/C46H61Cl2N2P.Ru/c1-29-23-31(3)40(32(4)24-29)41-43(45-49-21-22-50-45)46(28-38(47)44(41)48,42-33(5)25-30(2)26-34(42)6)27-35-15-13-14-20-39(35)51(36-16-9-7-10-17-36)37-18-11-8-12-19-37;/h23-28,36-37,39,49-50H,7-22H2,1-6H3;. The van der Waals surface area contributed by atoms with Crippen LogP contribution in [0, 0.1) is 41.5 Å². The molecule has 0 amide bonds. The first-order chi connectivity index (χ1) is 24.6. The van der Waals surface area contributed by atoms with Crippen molar-refractivity contribution in [3.05, 3.63) is 108 Å². The van der Waals surface area contributed by atoms with Crippen molar-refractivity contribution < 1.29 is 19.5 Å². The number of nitrogens with one attached hydrogen (secondary N) is 2. The fourth-order valence-corrected chi connectivity index (χ4v) is 16.2. The summed E-state index contributed by atoms with van der Waals surface area (Å²) in [5.74, 6) is 1.10. The molecule has 0 spiro atoms. The maximum absolute atomic E-state index is 7.54. The van der Waals surface area contributed by atoms with Gasteiger partial charge in [0, 0.05) is 49.4 Å². The van der Waals surface area contributed by atoms with Crippen LogP contribution in [0.4, 0.5) is 0 Å². The molecule has 2 atom stereocenters. The molecule has 4 fully saturated rings. The molecule has 3 saturated carbocycles. The summed E-state index contributed by atoms with van der Waals surface area (Å²) < 4.78 is 0. The van der Waals surface area contributed by atoms with E-state index in [1.807, 2.05) is 0 Å². The predicted molar refractivity (Wildman–Crippen MR) is 224 cm³/mol. The van der Waals surface area contributed by atoms with Gasteiger partial charge in [0.05, 0.1) is 15.5 Å². The molecule has 2 aromatic rings. The molecule has 0 aromatic heterocycles. The molecule has 7 rings (SSSR count). The number of hydrogen-bond donors (Lipinski definition) is 2. The van der Waals surface area contributed by atoms with Crippen molar-refractivity contribution in [3.8, 4) is 0 Å². The van der Waals surface area contributed by atoms with Crippen LogP contribution in [-0.2, 0) is 24.9 Å². The van der Waals surface area contributed by atoms with Crippen LogP contribution >= 0.6 is 31.1 Å². The fraction of sp³-hybridized carbons (Fsp3) is 0.565. The number of aryl methyl sites for hydroxylation is 6. The zero-order valence-electron chi connectivity index (χ0n) is 32.6. The van der Waals surface area contributed by atoms with Crippen molar-refractivity contribution in [2.75, 3.05) is 13.1 Å². The molecule has 52 heavy (non-hydrogen) atoms. The quantitative estimate of drug-likeness (QED) is 0.172. The minimum atomic E-state index is -0.582. The number of benzene rings is 2. The van der Waals surface area contributed by atoms with Crippen LogP contribution in [0.2, 0.25) is 0 Å². The number of rotatable bonds is 6. The van der Waals surface area contributed by atoms with Gasteiger partial charge in [0.25, 0.3) is 0 Å². The van der Waals surface area contributed by atoms with E-state index in [-0.39, 0.29) is 27.4 Å². The number of allylic oxidation sites excluding steroid dienone is 7. The van der Waals surface area contributed by atoms with Gasteiger partial charge in [-0.15, -0.1) is 0 Å². The van der Waals surface area contributed by atoms with E-state index in [1.54, 1.807) is 5.57 Å². The molecular weight excluding hydrogens is 783 g/mol. The maximum atomic E-state index is 7.54. The molecule has 4 aliphatic carbocycles. The van der Waals surface area contributed by atoms with E-state index in [4.69, 9.17) is 23.2 Å². The Labute approximate surface area is 339 Å². The second-order valence-corrected chi connectivity index (χ2v) is 20.5. The zero-order chi connectivity index (χ0) is 35.9. The van der Waals surface area contributed by atoms with Gasteiger partial charge in [0.2, 0.25) is 0 Å². The molecule has 1 heterocycles. The van der Waals surface area contributed by atoms with Crippen LogP contribution in [0.1, 0.15) is 134 Å². The normalized spacial score (nSPS) is 25.7. The number of halogens is 2. The van der Waals surface area contributed by atoms with Crippen molar-refractivity contribution in [2.45, 2.75) is 154 Å². The molecule has 282 valence electrons. The molecule has 5 aliphatic rings. The summed E-state index contributed by atoms with van der Waals surface area (Å²) in [4.78, 5) is 0. The molecule has 2 aromatic carbocycles. The topological polar surface area (TPSA) is 24.1 Å². The number of hydrogen-bond acceptors (Lipinski definition) is 2. The second kappa shape index (κ2) is 17.2. The van der Waals surface area contributed by atoms with Crippen molar-refractivity contribution >= 4 is 36.7 Å². The fourth-order valence-electron chi connectivity index (χ4n) is 11.1. The van der Waals surface area contributed by atoms with Gasteiger partial charge in [0.1, 0.15) is 5.82 Å². The summed E-state index contributed by atoms with van der Waals surface area (Å²) in [5, 5.41) is 9.00. The van der Waals surface area contributed by atoms with E-state index in [2.05, 4.69) is 88.6 Å². The minimum Gasteiger partial charge on any atom is -0.370 e. The Balaban J connectivity index is 0.00000464. The van der Waals surface area contributed by atoms with Crippen molar-refractivity contribution in [1.82, 2.24) is 10.6 Å². The van der Waals surface area contributed by atoms with Gasteiger partial charge in [-0.2, -0.15) is 0 Å². The third kappa shape index (κ3) is 7.84. The summed E-state index contributed by atoms with van der Waals surface area (Å²) in [7, 11) is -0.114. The molecule has 0 radical (unpaired) electrons. The van der Waals surface area contributed by atoms with E-state index < -0.39 is 5.41 Å². The summed E-state index contributed by atoms with van der Waals surface area (Å²) in [6.45, 7) is 15.4. The van der Waals surface area contributed by atoms with E-state index in [1.165, 1.54) is 140 Å². The molecule has 6 heteroatoms. The predicted octanol–water partition coefficient (Wildman–Crippen LogP) is 13.0. The Hall–Kier alpha value is -1.37. The monoisotopic (exact) mass is 844 g/mol. The molecule has 1 saturated heterocycles. The van der Waals surface area contributed by atoms with Gasteiger partial charge in [0.15, 0.2) is 0 Å². The summed E-state index contributed by atoms with van der Waals surface area (Å²) in [5.41, 5.74) is 16.3. The van der Waals surface area contributed by atoms with Gasteiger partial charge >= 0.3 is 0 Å². The smallest absolute Gasteiger partial charge is 0.104 e. The Kier molecular flexibility index (Phi) is 13.3. The summed E-state index contributed by atoms with van der Waals surface area (Å²) >= 11 is 15.1. The molecule has 2 nitrogen and oxygen atoms in total. The van der Waals surface area contributed by atoms with Crippen molar-refractivity contribution in [1.29, 1.82) is 0 Å². The molecule has 1 aliphatic heterocycles. The Bertz CT molecular complexity index is 1700. The zero-order valence-corrected chi connectivity index (χ0v) is 36.7. The first-order valence-corrected chi connectivity index (χ1v) is 22.6. The molecule has 0 bridgehead atoms.